The molecule has 2 aromatic carbocycles. The average molecular weight is 368 g/mol. The highest BCUT2D eigenvalue weighted by atomic mass is 79.9. The van der Waals surface area contributed by atoms with Crippen molar-refractivity contribution in [1.82, 2.24) is 0 Å². The first-order valence-electron chi connectivity index (χ1n) is 6.17. The highest BCUT2D eigenvalue weighted by Crippen LogP contribution is 2.38. The number of fused-ring (bicyclic) bond motifs is 1. The molecule has 1 atom stereocenters. The van der Waals surface area contributed by atoms with Gasteiger partial charge in [0.05, 0.1) is 0 Å². The molecule has 0 bridgehead atoms. The summed E-state index contributed by atoms with van der Waals surface area (Å²) in [7, 11) is 0. The minimum Gasteiger partial charge on any atom is -0.384 e. The number of hydrogen-bond donors (Lipinski definition) is 1. The Morgan fingerprint density at radius 3 is 2.80 bits per heavy atom. The van der Waals surface area contributed by atoms with Gasteiger partial charge in [0, 0.05) is 19.8 Å². The van der Waals surface area contributed by atoms with Crippen molar-refractivity contribution < 1.29 is 5.11 Å². The third-order valence-corrected chi connectivity index (χ3v) is 5.62. The molecule has 1 heterocycles. The summed E-state index contributed by atoms with van der Waals surface area (Å²) in [6.45, 7) is 1.99. The number of aryl methyl sites for hydroxylation is 1. The lowest BCUT2D eigenvalue weighted by Gasteiger charge is -2.14. The predicted octanol–water partition coefficient (Wildman–Crippen LogP) is 5.71. The molecule has 0 aliphatic carbocycles. The van der Waals surface area contributed by atoms with E-state index in [1.165, 1.54) is 0 Å². The summed E-state index contributed by atoms with van der Waals surface area (Å²) in [5, 5.41) is 14.4. The zero-order chi connectivity index (χ0) is 14.3. The molecule has 0 saturated carbocycles. The molecule has 4 heteroatoms. The van der Waals surface area contributed by atoms with Gasteiger partial charge in [-0.05, 0) is 62.9 Å². The molecule has 0 aliphatic heterocycles. The Balaban J connectivity index is 2.15. The van der Waals surface area contributed by atoms with Crippen LogP contribution < -0.4 is 0 Å². The first kappa shape index (κ1) is 14.1. The van der Waals surface area contributed by atoms with Gasteiger partial charge in [-0.15, -0.1) is 11.3 Å². The monoisotopic (exact) mass is 366 g/mol. The van der Waals surface area contributed by atoms with Crippen molar-refractivity contribution in [3.8, 4) is 0 Å². The summed E-state index contributed by atoms with van der Waals surface area (Å²) in [6.07, 6.45) is -0.656. The van der Waals surface area contributed by atoms with Crippen molar-refractivity contribution >= 4 is 49.0 Å². The van der Waals surface area contributed by atoms with Gasteiger partial charge in [0.2, 0.25) is 0 Å². The molecule has 102 valence electrons. The van der Waals surface area contributed by atoms with Crippen LogP contribution in [0.1, 0.15) is 22.8 Å². The topological polar surface area (TPSA) is 20.2 Å². The Hall–Kier alpha value is -0.870. The van der Waals surface area contributed by atoms with Crippen LogP contribution in [0.3, 0.4) is 0 Å². The van der Waals surface area contributed by atoms with Crippen LogP contribution in [-0.2, 0) is 0 Å². The number of aliphatic hydroxyl groups excluding tert-OH is 1. The van der Waals surface area contributed by atoms with Crippen LogP contribution in [0.4, 0.5) is 0 Å². The highest BCUT2D eigenvalue weighted by Gasteiger charge is 2.18. The third-order valence-electron chi connectivity index (χ3n) is 3.41. The minimum atomic E-state index is -0.656. The van der Waals surface area contributed by atoms with E-state index in [4.69, 9.17) is 11.6 Å². The third kappa shape index (κ3) is 2.40. The minimum absolute atomic E-state index is 0.644. The maximum absolute atomic E-state index is 10.7. The molecule has 1 aromatic heterocycles. The normalized spacial score (nSPS) is 12.8. The van der Waals surface area contributed by atoms with Crippen molar-refractivity contribution in [2.75, 3.05) is 0 Å². The molecule has 20 heavy (non-hydrogen) atoms. The molecule has 0 saturated heterocycles. The van der Waals surface area contributed by atoms with Gasteiger partial charge in [-0.25, -0.2) is 0 Å². The van der Waals surface area contributed by atoms with Gasteiger partial charge in [0.25, 0.3) is 0 Å². The summed E-state index contributed by atoms with van der Waals surface area (Å²) in [4.78, 5) is 0. The molecule has 0 amide bonds. The van der Waals surface area contributed by atoms with Crippen LogP contribution >= 0.6 is 38.9 Å². The molecule has 0 fully saturated rings. The molecular formula is C16H12BrClOS. The van der Waals surface area contributed by atoms with E-state index in [0.29, 0.717) is 5.02 Å². The van der Waals surface area contributed by atoms with Crippen LogP contribution in [0.5, 0.6) is 0 Å². The molecule has 0 radical (unpaired) electrons. The van der Waals surface area contributed by atoms with Gasteiger partial charge in [-0.3, -0.25) is 0 Å². The molecule has 1 unspecified atom stereocenters. The Morgan fingerprint density at radius 1 is 1.20 bits per heavy atom. The van der Waals surface area contributed by atoms with E-state index in [-0.39, 0.29) is 0 Å². The summed E-state index contributed by atoms with van der Waals surface area (Å²) < 4.78 is 2.21. The number of benzene rings is 2. The van der Waals surface area contributed by atoms with E-state index in [2.05, 4.69) is 15.9 Å². The number of thiophene rings is 1. The molecule has 0 spiro atoms. The van der Waals surface area contributed by atoms with Crippen LogP contribution in [0.15, 0.2) is 46.3 Å². The van der Waals surface area contributed by atoms with Crippen molar-refractivity contribution in [2.24, 2.45) is 0 Å². The van der Waals surface area contributed by atoms with E-state index in [9.17, 15) is 5.11 Å². The molecule has 1 nitrogen and oxygen atoms in total. The first-order chi connectivity index (χ1) is 9.58. The van der Waals surface area contributed by atoms with Crippen LogP contribution in [0.25, 0.3) is 10.1 Å². The Morgan fingerprint density at radius 2 is 2.00 bits per heavy atom. The number of halogens is 2. The zero-order valence-electron chi connectivity index (χ0n) is 10.7. The van der Waals surface area contributed by atoms with E-state index in [1.807, 2.05) is 48.7 Å². The Kier molecular flexibility index (Phi) is 3.87. The molecule has 3 aromatic rings. The maximum Gasteiger partial charge on any atom is 0.106 e. The lowest BCUT2D eigenvalue weighted by atomic mass is 9.97. The van der Waals surface area contributed by atoms with Gasteiger partial charge in [-0.1, -0.05) is 29.8 Å². The maximum atomic E-state index is 10.7. The first-order valence-corrected chi connectivity index (χ1v) is 8.22. The van der Waals surface area contributed by atoms with Crippen LogP contribution in [0, 0.1) is 6.92 Å². The van der Waals surface area contributed by atoms with Gasteiger partial charge >= 0.3 is 0 Å². The van der Waals surface area contributed by atoms with Crippen molar-refractivity contribution in [1.29, 1.82) is 0 Å². The second kappa shape index (κ2) is 5.49. The molecule has 0 aliphatic rings. The van der Waals surface area contributed by atoms with E-state index < -0.39 is 6.10 Å². The summed E-state index contributed by atoms with van der Waals surface area (Å²) in [5.74, 6) is 0. The van der Waals surface area contributed by atoms with Crippen LogP contribution in [0.2, 0.25) is 5.02 Å². The average Bonchev–Trinajstić information content (AvgIpc) is 2.86. The van der Waals surface area contributed by atoms with Crippen molar-refractivity contribution in [3.05, 3.63) is 68.0 Å². The molecule has 3 rings (SSSR count). The summed E-state index contributed by atoms with van der Waals surface area (Å²) >= 11 is 11.2. The standard InChI is InChI=1S/C16H12BrClOS/c1-9-5-6-10(18)7-12(9)15(19)13-8-20-16-11(13)3-2-4-14(16)17/h2-8,15,19H,1H3. The molecular weight excluding hydrogens is 356 g/mol. The Labute approximate surface area is 135 Å². The number of aliphatic hydroxyl groups is 1. The SMILES string of the molecule is Cc1ccc(Cl)cc1C(O)c1csc2c(Br)cccc12. The second-order valence-corrected chi connectivity index (χ2v) is 6.88. The zero-order valence-corrected chi connectivity index (χ0v) is 13.9. The van der Waals surface area contributed by atoms with E-state index in [1.54, 1.807) is 11.3 Å². The van der Waals surface area contributed by atoms with Gasteiger partial charge in [-0.2, -0.15) is 0 Å². The van der Waals surface area contributed by atoms with Crippen molar-refractivity contribution in [3.63, 3.8) is 0 Å². The number of hydrogen-bond acceptors (Lipinski definition) is 2. The summed E-state index contributed by atoms with van der Waals surface area (Å²) in [6, 6.07) is 11.7. The highest BCUT2D eigenvalue weighted by molar-refractivity contribution is 9.10. The second-order valence-electron chi connectivity index (χ2n) is 4.71. The van der Waals surface area contributed by atoms with E-state index in [0.717, 1.165) is 31.2 Å². The largest absolute Gasteiger partial charge is 0.384 e. The van der Waals surface area contributed by atoms with Gasteiger partial charge in [0.15, 0.2) is 0 Å². The van der Waals surface area contributed by atoms with Gasteiger partial charge in [0.1, 0.15) is 6.10 Å². The van der Waals surface area contributed by atoms with E-state index >= 15 is 0 Å². The predicted molar refractivity (Wildman–Crippen MR) is 89.8 cm³/mol. The fourth-order valence-electron chi connectivity index (χ4n) is 2.33. The fraction of sp³-hybridized carbons (Fsp3) is 0.125. The lowest BCUT2D eigenvalue weighted by Crippen LogP contribution is -2.01. The fourth-order valence-corrected chi connectivity index (χ4v) is 4.15. The Bertz CT molecular complexity index is 781. The number of rotatable bonds is 2. The smallest absolute Gasteiger partial charge is 0.106 e. The van der Waals surface area contributed by atoms with Gasteiger partial charge < -0.3 is 5.11 Å². The van der Waals surface area contributed by atoms with Crippen molar-refractivity contribution in [2.45, 2.75) is 13.0 Å². The summed E-state index contributed by atoms with van der Waals surface area (Å²) in [5.41, 5.74) is 2.82. The van der Waals surface area contributed by atoms with Crippen LogP contribution in [-0.4, -0.2) is 5.11 Å². The lowest BCUT2D eigenvalue weighted by molar-refractivity contribution is 0.221. The molecule has 1 N–H and O–H groups in total. The quantitative estimate of drug-likeness (QED) is 0.615.